The number of nitrogens with one attached hydrogen (secondary N) is 1. The summed E-state index contributed by atoms with van der Waals surface area (Å²) < 4.78 is 4.55. The molecule has 84 valence electrons. The Morgan fingerprint density at radius 2 is 2.53 bits per heavy atom. The van der Waals surface area contributed by atoms with Gasteiger partial charge >= 0.3 is 5.97 Å². The standard InChI is InChI=1S/C7H10N4O3.ClH/c8-6-4-11(9-14-6)10-3-1-2-5(10)7(12)13;/h4-5H,1-3H2,(H2-,8,9,12,13);1H/t5-;/m0./s1. The molecule has 1 saturated heterocycles. The van der Waals surface area contributed by atoms with E-state index in [4.69, 9.17) is 10.8 Å². The molecule has 7 nitrogen and oxygen atoms in total. The molecule has 1 aliphatic rings. The molecule has 2 N–H and O–H groups in total. The van der Waals surface area contributed by atoms with E-state index in [1.54, 1.807) is 5.01 Å². The number of aromatic nitrogens is 2. The molecule has 8 heteroatoms. The number of carboxylic acids is 1. The summed E-state index contributed by atoms with van der Waals surface area (Å²) >= 11 is 0. The fraction of sp³-hybridized carbons (Fsp3) is 0.571. The van der Waals surface area contributed by atoms with Crippen molar-refractivity contribution in [2.75, 3.05) is 11.6 Å². The van der Waals surface area contributed by atoms with E-state index < -0.39 is 12.0 Å². The summed E-state index contributed by atoms with van der Waals surface area (Å²) in [4.78, 5) is 12.1. The van der Waals surface area contributed by atoms with Crippen LogP contribution in [0.15, 0.2) is 10.7 Å². The molecular weight excluding hydrogens is 224 g/mol. The molecule has 0 aliphatic carbocycles. The quantitative estimate of drug-likeness (QED) is 0.741. The van der Waals surface area contributed by atoms with Crippen LogP contribution in [0.4, 0.5) is 5.88 Å². The first kappa shape index (κ1) is 11.6. The van der Waals surface area contributed by atoms with Gasteiger partial charge in [0, 0.05) is 0 Å². The van der Waals surface area contributed by atoms with Gasteiger partial charge in [-0.3, -0.25) is 0 Å². The molecule has 15 heavy (non-hydrogen) atoms. The molecule has 1 aromatic heterocycles. The zero-order valence-corrected chi connectivity index (χ0v) is 8.61. The first-order valence-electron chi connectivity index (χ1n) is 4.28. The molecule has 1 aliphatic heterocycles. The van der Waals surface area contributed by atoms with Crippen LogP contribution in [-0.4, -0.2) is 28.9 Å². The number of carbonyl (C=O) groups is 1. The van der Waals surface area contributed by atoms with Crippen molar-refractivity contribution in [3.05, 3.63) is 11.9 Å². The molecule has 0 bridgehead atoms. The molecule has 0 aromatic carbocycles. The highest BCUT2D eigenvalue weighted by Gasteiger charge is 2.37. The monoisotopic (exact) mass is 234 g/mol. The SMILES string of the molecule is Cl.[NH-]c1c[n+](N2CCC[C@H]2C(=O)O)no1. The van der Waals surface area contributed by atoms with E-state index in [0.29, 0.717) is 13.0 Å². The molecule has 2 rings (SSSR count). The van der Waals surface area contributed by atoms with E-state index >= 15 is 0 Å². The average Bonchev–Trinajstić information content (AvgIpc) is 2.70. The Balaban J connectivity index is 0.00000112. The molecule has 0 radical (unpaired) electrons. The summed E-state index contributed by atoms with van der Waals surface area (Å²) in [5.74, 6) is -0.953. The Morgan fingerprint density at radius 3 is 3.07 bits per heavy atom. The lowest BCUT2D eigenvalue weighted by Crippen LogP contribution is -2.62. The van der Waals surface area contributed by atoms with Gasteiger partial charge in [-0.2, -0.15) is 0 Å². The maximum absolute atomic E-state index is 10.8. The lowest BCUT2D eigenvalue weighted by molar-refractivity contribution is -0.758. The average molecular weight is 235 g/mol. The Hall–Kier alpha value is -1.50. The van der Waals surface area contributed by atoms with Crippen molar-refractivity contribution < 1.29 is 19.2 Å². The Labute approximate surface area is 91.8 Å². The van der Waals surface area contributed by atoms with Crippen LogP contribution >= 0.6 is 12.4 Å². The van der Waals surface area contributed by atoms with Crippen molar-refractivity contribution in [1.29, 1.82) is 0 Å². The number of nitrogens with zero attached hydrogens (tertiary/aromatic N) is 3. The fourth-order valence-electron chi connectivity index (χ4n) is 1.61. The van der Waals surface area contributed by atoms with E-state index in [1.165, 1.54) is 11.0 Å². The van der Waals surface area contributed by atoms with Crippen LogP contribution in [-0.2, 0) is 4.79 Å². The molecule has 1 fully saturated rings. The van der Waals surface area contributed by atoms with Gasteiger partial charge in [0.1, 0.15) is 5.88 Å². The number of hydrogen-bond acceptors (Lipinski definition) is 4. The molecule has 0 saturated carbocycles. The van der Waals surface area contributed by atoms with Gasteiger partial charge in [0.15, 0.2) is 6.04 Å². The van der Waals surface area contributed by atoms with Crippen LogP contribution in [0.25, 0.3) is 5.73 Å². The van der Waals surface area contributed by atoms with Crippen LogP contribution in [0, 0.1) is 0 Å². The molecule has 1 atom stereocenters. The molecule has 0 unspecified atom stereocenters. The van der Waals surface area contributed by atoms with E-state index in [0.717, 1.165) is 6.42 Å². The minimum Gasteiger partial charge on any atom is -0.660 e. The van der Waals surface area contributed by atoms with Crippen LogP contribution in [0.3, 0.4) is 0 Å². The van der Waals surface area contributed by atoms with Crippen molar-refractivity contribution >= 4 is 24.3 Å². The van der Waals surface area contributed by atoms with Gasteiger partial charge in [-0.25, -0.2) is 4.79 Å². The van der Waals surface area contributed by atoms with Gasteiger partial charge < -0.3 is 15.4 Å². The smallest absolute Gasteiger partial charge is 0.332 e. The molecule has 0 spiro atoms. The maximum Gasteiger partial charge on any atom is 0.332 e. The van der Waals surface area contributed by atoms with E-state index in [-0.39, 0.29) is 18.3 Å². The van der Waals surface area contributed by atoms with E-state index in [1.807, 2.05) is 0 Å². The minimum atomic E-state index is -0.871. The Kier molecular flexibility index (Phi) is 3.35. The Morgan fingerprint density at radius 1 is 1.80 bits per heavy atom. The van der Waals surface area contributed by atoms with Gasteiger partial charge in [-0.15, -0.1) is 17.4 Å². The van der Waals surface area contributed by atoms with Gasteiger partial charge in [0.2, 0.25) is 5.27 Å². The molecule has 0 amide bonds. The lowest BCUT2D eigenvalue weighted by Gasteiger charge is -2.11. The lowest BCUT2D eigenvalue weighted by atomic mass is 10.2. The molecule has 2 heterocycles. The largest absolute Gasteiger partial charge is 0.660 e. The number of halogens is 1. The van der Waals surface area contributed by atoms with Crippen molar-refractivity contribution in [2.24, 2.45) is 0 Å². The van der Waals surface area contributed by atoms with Crippen molar-refractivity contribution in [1.82, 2.24) is 5.27 Å². The number of rotatable bonds is 2. The summed E-state index contributed by atoms with van der Waals surface area (Å²) in [5.41, 5.74) is 7.13. The van der Waals surface area contributed by atoms with Crippen LogP contribution in [0.2, 0.25) is 0 Å². The van der Waals surface area contributed by atoms with Gasteiger partial charge in [-0.05, 0) is 12.8 Å². The topological polar surface area (TPSA) is 94.2 Å². The third-order valence-electron chi connectivity index (χ3n) is 2.23. The zero-order chi connectivity index (χ0) is 10.1. The maximum atomic E-state index is 10.8. The van der Waals surface area contributed by atoms with Crippen molar-refractivity contribution in [2.45, 2.75) is 18.9 Å². The van der Waals surface area contributed by atoms with Gasteiger partial charge in [0.25, 0.3) is 6.20 Å². The summed E-state index contributed by atoms with van der Waals surface area (Å²) in [6.45, 7) is 0.619. The van der Waals surface area contributed by atoms with Crippen LogP contribution in [0.1, 0.15) is 12.8 Å². The molecular formula is C7H11ClN4O3. The first-order valence-corrected chi connectivity index (χ1v) is 4.28. The highest BCUT2D eigenvalue weighted by Crippen LogP contribution is 2.13. The predicted molar refractivity (Wildman–Crippen MR) is 51.7 cm³/mol. The zero-order valence-electron chi connectivity index (χ0n) is 7.79. The second-order valence-electron chi connectivity index (χ2n) is 3.15. The molecule has 1 aromatic rings. The third kappa shape index (κ3) is 2.12. The normalized spacial score (nSPS) is 20.0. The van der Waals surface area contributed by atoms with Crippen LogP contribution < -0.4 is 9.80 Å². The minimum absolute atomic E-state index is 0. The predicted octanol–water partition coefficient (Wildman–Crippen LogP) is 0.253. The number of carboxylic acid groups (broad SMARTS) is 1. The summed E-state index contributed by atoms with van der Waals surface area (Å²) in [6, 6.07) is -0.565. The van der Waals surface area contributed by atoms with Gasteiger partial charge in [0.05, 0.1) is 11.3 Å². The van der Waals surface area contributed by atoms with Crippen molar-refractivity contribution in [3.8, 4) is 0 Å². The van der Waals surface area contributed by atoms with E-state index in [2.05, 4.69) is 9.79 Å². The van der Waals surface area contributed by atoms with Crippen molar-refractivity contribution in [3.63, 3.8) is 0 Å². The first-order chi connectivity index (χ1) is 6.68. The Bertz CT molecular complexity index is 356. The van der Waals surface area contributed by atoms with Crippen LogP contribution in [0.5, 0.6) is 0 Å². The third-order valence-corrected chi connectivity index (χ3v) is 2.23. The van der Waals surface area contributed by atoms with Gasteiger partial charge in [-0.1, -0.05) is 0 Å². The fourth-order valence-corrected chi connectivity index (χ4v) is 1.61. The highest BCUT2D eigenvalue weighted by atomic mass is 35.5. The highest BCUT2D eigenvalue weighted by molar-refractivity contribution is 5.85. The summed E-state index contributed by atoms with van der Waals surface area (Å²) in [5, 5.41) is 14.0. The van der Waals surface area contributed by atoms with E-state index in [9.17, 15) is 4.79 Å². The number of hydrogen-bond donors (Lipinski definition) is 1. The summed E-state index contributed by atoms with van der Waals surface area (Å²) in [6.07, 6.45) is 2.76. The second-order valence-corrected chi connectivity index (χ2v) is 3.15. The summed E-state index contributed by atoms with van der Waals surface area (Å²) in [7, 11) is 0. The second kappa shape index (κ2) is 4.35. The number of aliphatic carboxylic acids is 1.